The molecule has 3 heterocycles. The summed E-state index contributed by atoms with van der Waals surface area (Å²) in [6, 6.07) is 76.2. The second-order valence-corrected chi connectivity index (χ2v) is 16.7. The Morgan fingerprint density at radius 2 is 0.906 bits per heavy atom. The maximum Gasteiger partial charge on any atom is 0.238 e. The summed E-state index contributed by atoms with van der Waals surface area (Å²) in [7, 11) is 0. The van der Waals surface area contributed by atoms with Crippen LogP contribution in [0.25, 0.3) is 132 Å². The van der Waals surface area contributed by atoms with Gasteiger partial charge in [-0.1, -0.05) is 176 Å². The van der Waals surface area contributed by atoms with E-state index in [4.69, 9.17) is 15.0 Å². The molecule has 3 aromatic heterocycles. The highest BCUT2D eigenvalue weighted by Crippen LogP contribution is 2.49. The van der Waals surface area contributed by atoms with Crippen molar-refractivity contribution in [3.05, 3.63) is 212 Å². The topological polar surface area (TPSA) is 48.5 Å². The first-order chi connectivity index (χ1) is 31.8. The van der Waals surface area contributed by atoms with Crippen molar-refractivity contribution in [3.63, 3.8) is 0 Å². The van der Waals surface area contributed by atoms with E-state index in [1.54, 1.807) is 0 Å². The smallest absolute Gasteiger partial charge is 0.238 e. The predicted octanol–water partition coefficient (Wildman–Crippen LogP) is 15.1. The van der Waals surface area contributed by atoms with Crippen LogP contribution >= 0.6 is 0 Å². The molecule has 0 aliphatic rings. The summed E-state index contributed by atoms with van der Waals surface area (Å²) in [5.74, 6) is 1.82. The van der Waals surface area contributed by atoms with E-state index in [0.717, 1.165) is 55.1 Å². The van der Waals surface area contributed by atoms with Crippen molar-refractivity contribution in [2.24, 2.45) is 0 Å². The fourth-order valence-corrected chi connectivity index (χ4v) is 10.6. The Morgan fingerprint density at radius 1 is 0.297 bits per heavy atom. The van der Waals surface area contributed by atoms with Gasteiger partial charge >= 0.3 is 0 Å². The highest BCUT2D eigenvalue weighted by Gasteiger charge is 2.26. The van der Waals surface area contributed by atoms with Crippen LogP contribution in [0.5, 0.6) is 0 Å². The van der Waals surface area contributed by atoms with E-state index in [2.05, 4.69) is 203 Å². The molecular formula is C59H35N5. The quantitative estimate of drug-likeness (QED) is 0.163. The lowest BCUT2D eigenvalue weighted by Gasteiger charge is -2.15. The molecule has 5 nitrogen and oxygen atoms in total. The third-order valence-corrected chi connectivity index (χ3v) is 13.3. The summed E-state index contributed by atoms with van der Waals surface area (Å²) in [6.45, 7) is 0. The van der Waals surface area contributed by atoms with E-state index >= 15 is 0 Å². The van der Waals surface area contributed by atoms with Crippen molar-refractivity contribution in [2.45, 2.75) is 0 Å². The first kappa shape index (κ1) is 35.0. The fourth-order valence-electron chi connectivity index (χ4n) is 10.6. The van der Waals surface area contributed by atoms with E-state index in [-0.39, 0.29) is 0 Å². The molecule has 0 aliphatic carbocycles. The number of benzene rings is 11. The Balaban J connectivity index is 1.17. The molecule has 296 valence electrons. The van der Waals surface area contributed by atoms with Crippen molar-refractivity contribution < 1.29 is 0 Å². The van der Waals surface area contributed by atoms with Crippen LogP contribution in [0.3, 0.4) is 0 Å². The molecule has 0 N–H and O–H groups in total. The van der Waals surface area contributed by atoms with Gasteiger partial charge in [-0.2, -0.15) is 9.97 Å². The Bertz CT molecular complexity index is 4180. The van der Waals surface area contributed by atoms with Crippen LogP contribution in [-0.4, -0.2) is 24.1 Å². The Hall–Kier alpha value is -8.67. The third kappa shape index (κ3) is 4.98. The number of hydrogen-bond acceptors (Lipinski definition) is 3. The van der Waals surface area contributed by atoms with Crippen molar-refractivity contribution in [1.29, 1.82) is 0 Å². The summed E-state index contributed by atoms with van der Waals surface area (Å²) < 4.78 is 4.74. The molecule has 0 radical (unpaired) electrons. The molecule has 0 unspecified atom stereocenters. The van der Waals surface area contributed by atoms with Crippen LogP contribution in [0.2, 0.25) is 0 Å². The normalized spacial score (nSPS) is 12.1. The zero-order chi connectivity index (χ0) is 41.9. The zero-order valence-electron chi connectivity index (χ0n) is 34.4. The third-order valence-electron chi connectivity index (χ3n) is 13.3. The zero-order valence-corrected chi connectivity index (χ0v) is 34.4. The standard InChI is InChI=1S/C59H35N5/c1-3-18-37(19-4-1)57-60-58(48-31-15-21-36-17-7-9-24-41(36)48)62-59(61-57)64-51-35-39(43-29-16-30-47-45-27-13-14-32-50(45)63(56(43)47)40-22-5-2-6-23-40)33-49-44-26-11-12-28-46(44)53-42-25-10-8-20-38(42)34-52(64)55(53)54(49)51/h1-35H. The molecule has 14 aromatic rings. The molecule has 0 saturated heterocycles. The highest BCUT2D eigenvalue weighted by atomic mass is 15.2. The molecular weight excluding hydrogens is 779 g/mol. The molecule has 11 aromatic carbocycles. The maximum atomic E-state index is 5.50. The summed E-state index contributed by atoms with van der Waals surface area (Å²) in [5.41, 5.74) is 9.73. The van der Waals surface area contributed by atoms with Crippen molar-refractivity contribution in [3.8, 4) is 45.5 Å². The van der Waals surface area contributed by atoms with Crippen LogP contribution in [0.4, 0.5) is 0 Å². The Kier molecular flexibility index (Phi) is 7.33. The minimum atomic E-state index is 0.573. The summed E-state index contributed by atoms with van der Waals surface area (Å²) in [4.78, 5) is 16.2. The number of hydrogen-bond donors (Lipinski definition) is 0. The average molecular weight is 814 g/mol. The van der Waals surface area contributed by atoms with Gasteiger partial charge < -0.3 is 4.57 Å². The number of aromatic nitrogens is 5. The molecule has 0 amide bonds. The van der Waals surface area contributed by atoms with Crippen LogP contribution in [0, 0.1) is 0 Å². The molecule has 64 heavy (non-hydrogen) atoms. The molecule has 0 saturated carbocycles. The van der Waals surface area contributed by atoms with Gasteiger partial charge in [-0.15, -0.1) is 0 Å². The van der Waals surface area contributed by atoms with E-state index in [9.17, 15) is 0 Å². The van der Waals surface area contributed by atoms with E-state index < -0.39 is 0 Å². The van der Waals surface area contributed by atoms with Crippen molar-refractivity contribution >= 4 is 86.7 Å². The van der Waals surface area contributed by atoms with Gasteiger partial charge in [0.05, 0.1) is 22.1 Å². The van der Waals surface area contributed by atoms with Crippen LogP contribution in [-0.2, 0) is 0 Å². The van der Waals surface area contributed by atoms with Gasteiger partial charge in [0.25, 0.3) is 0 Å². The second-order valence-electron chi connectivity index (χ2n) is 16.7. The van der Waals surface area contributed by atoms with Gasteiger partial charge in [0.15, 0.2) is 11.6 Å². The SMILES string of the molecule is c1ccc(-c2nc(-c3cccc4ccccc34)nc(-n3c4cc(-c5cccc6c7ccccc7n(-c7ccccc7)c56)cc5c6ccccc6c6c7ccccc7cc3c6c54)n2)cc1. The minimum Gasteiger partial charge on any atom is -0.309 e. The first-order valence-corrected chi connectivity index (χ1v) is 21.8. The number of rotatable bonds is 5. The molecule has 0 spiro atoms. The van der Waals surface area contributed by atoms with E-state index in [1.807, 2.05) is 18.2 Å². The Labute approximate surface area is 367 Å². The molecule has 5 heteroatoms. The van der Waals surface area contributed by atoms with Gasteiger partial charge in [-0.3, -0.25) is 4.57 Å². The van der Waals surface area contributed by atoms with E-state index in [0.29, 0.717) is 17.6 Å². The fraction of sp³-hybridized carbons (Fsp3) is 0. The molecule has 0 bridgehead atoms. The number of nitrogens with zero attached hydrogens (tertiary/aromatic N) is 5. The molecule has 0 fully saturated rings. The van der Waals surface area contributed by atoms with Gasteiger partial charge in [-0.25, -0.2) is 4.98 Å². The van der Waals surface area contributed by atoms with Gasteiger partial charge in [0.1, 0.15) is 0 Å². The average Bonchev–Trinajstić information content (AvgIpc) is 3.88. The minimum absolute atomic E-state index is 0.573. The summed E-state index contributed by atoms with van der Waals surface area (Å²) >= 11 is 0. The largest absolute Gasteiger partial charge is 0.309 e. The summed E-state index contributed by atoms with van der Waals surface area (Å²) in [6.07, 6.45) is 0. The van der Waals surface area contributed by atoms with Crippen molar-refractivity contribution in [1.82, 2.24) is 24.1 Å². The van der Waals surface area contributed by atoms with Crippen LogP contribution in [0.1, 0.15) is 0 Å². The lowest BCUT2D eigenvalue weighted by Crippen LogP contribution is -2.06. The molecule has 14 rings (SSSR count). The Morgan fingerprint density at radius 3 is 1.75 bits per heavy atom. The van der Waals surface area contributed by atoms with Crippen molar-refractivity contribution in [2.75, 3.05) is 0 Å². The predicted molar refractivity (Wildman–Crippen MR) is 266 cm³/mol. The number of para-hydroxylation sites is 3. The first-order valence-electron chi connectivity index (χ1n) is 21.8. The second kappa shape index (κ2) is 13.4. The molecule has 0 aliphatic heterocycles. The monoisotopic (exact) mass is 813 g/mol. The van der Waals surface area contributed by atoms with E-state index in [1.165, 1.54) is 59.5 Å². The van der Waals surface area contributed by atoms with Crippen LogP contribution in [0.15, 0.2) is 212 Å². The lowest BCUT2D eigenvalue weighted by atomic mass is 9.89. The van der Waals surface area contributed by atoms with Gasteiger partial charge in [0, 0.05) is 49.3 Å². The van der Waals surface area contributed by atoms with Gasteiger partial charge in [-0.05, 0) is 79.7 Å². The summed E-state index contributed by atoms with van der Waals surface area (Å²) in [5, 5.41) is 14.3. The van der Waals surface area contributed by atoms with Crippen LogP contribution < -0.4 is 0 Å². The van der Waals surface area contributed by atoms with Gasteiger partial charge in [0.2, 0.25) is 5.95 Å². The highest BCUT2D eigenvalue weighted by molar-refractivity contribution is 6.39. The maximum absolute atomic E-state index is 5.50. The number of fused-ring (bicyclic) bond motifs is 9. The molecule has 0 atom stereocenters. The lowest BCUT2D eigenvalue weighted by molar-refractivity contribution is 0.955.